The molecule has 0 saturated heterocycles. The number of aromatic nitrogens is 2. The molecule has 0 radical (unpaired) electrons. The summed E-state index contributed by atoms with van der Waals surface area (Å²) >= 11 is 18.7. The number of aryl methyl sites for hydroxylation is 2. The number of hydrogen-bond donors (Lipinski definition) is 1. The first-order chi connectivity index (χ1) is 19.9. The lowest BCUT2D eigenvalue weighted by atomic mass is 10.1. The standard InChI is InChI=1S/C21H22Cl2N2.C13H15ClN2/c1-24-11-9-17-18-14-16(22)6-7-20(18)25(21(17)10-12-24)13-8-15-4-2-3-5-19(15)23;1-16-6-4-10-11-8-9(14)2-3-12(11)15-13(10)5-7-16/h2-7,14H,8-13H2,1H3;2-3,8,15H,4-7H2,1H3. The van der Waals surface area contributed by atoms with Crippen LogP contribution in [0, 0.1) is 0 Å². The third-order valence-corrected chi connectivity index (χ3v) is 9.57. The van der Waals surface area contributed by atoms with Crippen LogP contribution in [0.2, 0.25) is 15.1 Å². The molecule has 7 heteroatoms. The summed E-state index contributed by atoms with van der Waals surface area (Å²) in [5, 5.41) is 5.12. The number of aromatic amines is 1. The average molecular weight is 608 g/mol. The van der Waals surface area contributed by atoms with Crippen molar-refractivity contribution in [1.82, 2.24) is 19.4 Å². The van der Waals surface area contributed by atoms with Gasteiger partial charge in [0.15, 0.2) is 0 Å². The quantitative estimate of drug-likeness (QED) is 0.225. The molecule has 4 nitrogen and oxygen atoms in total. The molecule has 0 atom stereocenters. The van der Waals surface area contributed by atoms with Gasteiger partial charge in [0.25, 0.3) is 0 Å². The number of likely N-dealkylation sites (N-methyl/N-ethyl adjacent to an activating group) is 2. The van der Waals surface area contributed by atoms with Gasteiger partial charge >= 0.3 is 0 Å². The number of H-pyrrole nitrogens is 1. The number of benzene rings is 3. The van der Waals surface area contributed by atoms with Crippen molar-refractivity contribution in [1.29, 1.82) is 0 Å². The lowest BCUT2D eigenvalue weighted by molar-refractivity contribution is 0.351. The van der Waals surface area contributed by atoms with Gasteiger partial charge in [0.1, 0.15) is 0 Å². The van der Waals surface area contributed by atoms with Crippen molar-refractivity contribution in [2.75, 3.05) is 40.3 Å². The van der Waals surface area contributed by atoms with E-state index in [-0.39, 0.29) is 0 Å². The van der Waals surface area contributed by atoms with Crippen molar-refractivity contribution < 1.29 is 0 Å². The second-order valence-electron chi connectivity index (χ2n) is 11.5. The molecule has 214 valence electrons. The maximum Gasteiger partial charge on any atom is 0.0486 e. The molecule has 0 saturated carbocycles. The van der Waals surface area contributed by atoms with Crippen LogP contribution in [0.15, 0.2) is 60.7 Å². The summed E-state index contributed by atoms with van der Waals surface area (Å²) in [6.45, 7) is 5.41. The highest BCUT2D eigenvalue weighted by Crippen LogP contribution is 2.32. The molecular formula is C34H37Cl3N4. The van der Waals surface area contributed by atoms with Gasteiger partial charge in [-0.15, -0.1) is 0 Å². The van der Waals surface area contributed by atoms with E-state index in [0.717, 1.165) is 79.9 Å². The maximum atomic E-state index is 6.36. The molecule has 2 aliphatic heterocycles. The van der Waals surface area contributed by atoms with E-state index in [1.807, 2.05) is 24.3 Å². The van der Waals surface area contributed by atoms with E-state index in [4.69, 9.17) is 34.8 Å². The molecule has 0 spiro atoms. The molecule has 0 fully saturated rings. The third kappa shape index (κ3) is 6.18. The minimum Gasteiger partial charge on any atom is -0.358 e. The van der Waals surface area contributed by atoms with Crippen LogP contribution in [0.5, 0.6) is 0 Å². The van der Waals surface area contributed by atoms with Crippen molar-refractivity contribution in [3.63, 3.8) is 0 Å². The van der Waals surface area contributed by atoms with Gasteiger partial charge in [0.05, 0.1) is 0 Å². The molecule has 41 heavy (non-hydrogen) atoms. The van der Waals surface area contributed by atoms with E-state index < -0.39 is 0 Å². The largest absolute Gasteiger partial charge is 0.358 e. The fourth-order valence-electron chi connectivity index (χ4n) is 6.41. The molecular weight excluding hydrogens is 571 g/mol. The van der Waals surface area contributed by atoms with Crippen molar-refractivity contribution in [3.8, 4) is 0 Å². The van der Waals surface area contributed by atoms with Gasteiger partial charge in [0.2, 0.25) is 0 Å². The first-order valence-corrected chi connectivity index (χ1v) is 15.7. The summed E-state index contributed by atoms with van der Waals surface area (Å²) in [5.41, 5.74) is 9.52. The number of halogens is 3. The van der Waals surface area contributed by atoms with Gasteiger partial charge in [-0.1, -0.05) is 53.0 Å². The van der Waals surface area contributed by atoms with Crippen LogP contribution in [0.1, 0.15) is 28.1 Å². The van der Waals surface area contributed by atoms with Crippen LogP contribution in [-0.4, -0.2) is 59.6 Å². The van der Waals surface area contributed by atoms with Crippen molar-refractivity contribution in [2.45, 2.75) is 38.6 Å². The third-order valence-electron chi connectivity index (χ3n) is 8.73. The summed E-state index contributed by atoms with van der Waals surface area (Å²) in [6, 6.07) is 20.6. The Morgan fingerprint density at radius 1 is 0.707 bits per heavy atom. The molecule has 2 aliphatic rings. The minimum absolute atomic E-state index is 0.816. The summed E-state index contributed by atoms with van der Waals surface area (Å²) in [4.78, 5) is 8.31. The van der Waals surface area contributed by atoms with Crippen LogP contribution < -0.4 is 0 Å². The Balaban J connectivity index is 0.000000162. The molecule has 3 aromatic carbocycles. The predicted molar refractivity (Wildman–Crippen MR) is 175 cm³/mol. The van der Waals surface area contributed by atoms with E-state index in [2.05, 4.69) is 69.8 Å². The molecule has 7 rings (SSSR count). The van der Waals surface area contributed by atoms with Crippen LogP contribution in [0.3, 0.4) is 0 Å². The van der Waals surface area contributed by atoms with Gasteiger partial charge in [-0.25, -0.2) is 0 Å². The molecule has 2 aromatic heterocycles. The molecule has 0 amide bonds. The van der Waals surface area contributed by atoms with Gasteiger partial charge in [0, 0.05) is 93.8 Å². The van der Waals surface area contributed by atoms with Crippen molar-refractivity contribution in [2.24, 2.45) is 0 Å². The normalized spacial score (nSPS) is 16.1. The Morgan fingerprint density at radius 3 is 2.15 bits per heavy atom. The fourth-order valence-corrected chi connectivity index (χ4v) is 6.98. The second kappa shape index (κ2) is 12.4. The number of hydrogen-bond acceptors (Lipinski definition) is 2. The van der Waals surface area contributed by atoms with E-state index in [0.29, 0.717) is 0 Å². The Bertz CT molecular complexity index is 1680. The Labute approximate surface area is 257 Å². The predicted octanol–water partition coefficient (Wildman–Crippen LogP) is 8.07. The number of fused-ring (bicyclic) bond motifs is 6. The van der Waals surface area contributed by atoms with E-state index >= 15 is 0 Å². The van der Waals surface area contributed by atoms with E-state index in [9.17, 15) is 0 Å². The SMILES string of the molecule is CN1CCc2[nH]c3ccc(Cl)cc3c2CC1.CN1CCc2c(n(CCc3ccccc3Cl)c3ccc(Cl)cc23)CC1. The summed E-state index contributed by atoms with van der Waals surface area (Å²) in [6.07, 6.45) is 5.33. The zero-order valence-electron chi connectivity index (χ0n) is 23.8. The molecule has 4 heterocycles. The zero-order chi connectivity index (χ0) is 28.5. The van der Waals surface area contributed by atoms with Crippen LogP contribution in [0.25, 0.3) is 21.8 Å². The van der Waals surface area contributed by atoms with Crippen LogP contribution in [-0.2, 0) is 38.6 Å². The lowest BCUT2D eigenvalue weighted by Gasteiger charge is -2.14. The van der Waals surface area contributed by atoms with E-state index in [1.165, 1.54) is 49.9 Å². The highest BCUT2D eigenvalue weighted by Gasteiger charge is 2.21. The van der Waals surface area contributed by atoms with Crippen LogP contribution >= 0.6 is 34.8 Å². The lowest BCUT2D eigenvalue weighted by Crippen LogP contribution is -2.21. The first-order valence-electron chi connectivity index (χ1n) is 14.6. The van der Waals surface area contributed by atoms with Crippen molar-refractivity contribution in [3.05, 3.63) is 104 Å². The monoisotopic (exact) mass is 606 g/mol. The smallest absolute Gasteiger partial charge is 0.0486 e. The maximum absolute atomic E-state index is 6.36. The number of rotatable bonds is 3. The van der Waals surface area contributed by atoms with Crippen LogP contribution in [0.4, 0.5) is 0 Å². The van der Waals surface area contributed by atoms with Gasteiger partial charge in [-0.05, 0) is 92.5 Å². The Morgan fingerprint density at radius 2 is 1.37 bits per heavy atom. The summed E-state index contributed by atoms with van der Waals surface area (Å²) in [7, 11) is 4.39. The fraction of sp³-hybridized carbons (Fsp3) is 0.353. The molecule has 5 aromatic rings. The van der Waals surface area contributed by atoms with Gasteiger partial charge in [-0.2, -0.15) is 0 Å². The van der Waals surface area contributed by atoms with Crippen molar-refractivity contribution >= 4 is 56.6 Å². The molecule has 1 N–H and O–H groups in total. The molecule has 0 unspecified atom stereocenters. The highest BCUT2D eigenvalue weighted by molar-refractivity contribution is 6.32. The highest BCUT2D eigenvalue weighted by atomic mass is 35.5. The van der Waals surface area contributed by atoms with E-state index in [1.54, 1.807) is 0 Å². The number of nitrogens with zero attached hydrogens (tertiary/aromatic N) is 3. The summed E-state index contributed by atoms with van der Waals surface area (Å²) in [5.74, 6) is 0. The first kappa shape index (κ1) is 28.6. The zero-order valence-corrected chi connectivity index (χ0v) is 26.1. The Hall–Kier alpha value is -2.47. The Kier molecular flexibility index (Phi) is 8.67. The van der Waals surface area contributed by atoms with Gasteiger partial charge < -0.3 is 19.4 Å². The minimum atomic E-state index is 0.816. The average Bonchev–Trinajstić information content (AvgIpc) is 3.28. The molecule has 0 bridgehead atoms. The van der Waals surface area contributed by atoms with Gasteiger partial charge in [-0.3, -0.25) is 0 Å². The second-order valence-corrected chi connectivity index (χ2v) is 12.7. The molecule has 0 aliphatic carbocycles. The summed E-state index contributed by atoms with van der Waals surface area (Å²) < 4.78 is 2.49. The topological polar surface area (TPSA) is 27.2 Å². The number of nitrogens with one attached hydrogen (secondary N) is 1.